The van der Waals surface area contributed by atoms with E-state index in [-0.39, 0.29) is 11.7 Å². The number of aromatic hydroxyl groups is 1. The number of amides is 1. The molecule has 0 aliphatic rings. The van der Waals surface area contributed by atoms with Crippen LogP contribution < -0.4 is 10.6 Å². The molecule has 0 saturated heterocycles. The largest absolute Gasteiger partial charge is 0.508 e. The zero-order chi connectivity index (χ0) is 9.84. The van der Waals surface area contributed by atoms with Gasteiger partial charge >= 0.3 is 0 Å². The van der Waals surface area contributed by atoms with Crippen LogP contribution in [0.15, 0.2) is 18.2 Å². The van der Waals surface area contributed by atoms with Crippen molar-refractivity contribution in [1.82, 2.24) is 5.32 Å². The lowest BCUT2D eigenvalue weighted by molar-refractivity contribution is 0.0962. The molecule has 0 aliphatic heterocycles. The Labute approximate surface area is 76.6 Å². The van der Waals surface area contributed by atoms with Gasteiger partial charge in [-0.3, -0.25) is 4.79 Å². The highest BCUT2D eigenvalue weighted by atomic mass is 16.3. The molecule has 4 nitrogen and oxygen atoms in total. The molecule has 0 saturated carbocycles. The topological polar surface area (TPSA) is 61.4 Å². The summed E-state index contributed by atoms with van der Waals surface area (Å²) in [7, 11) is 3.27. The Hall–Kier alpha value is -1.71. The van der Waals surface area contributed by atoms with Crippen LogP contribution in [0.2, 0.25) is 0 Å². The SMILES string of the molecule is CNC(=O)c1cc(O)cc(NC)c1. The van der Waals surface area contributed by atoms with Crippen LogP contribution in [0, 0.1) is 0 Å². The van der Waals surface area contributed by atoms with Crippen molar-refractivity contribution in [2.45, 2.75) is 0 Å². The molecule has 0 aromatic heterocycles. The quantitative estimate of drug-likeness (QED) is 0.630. The summed E-state index contributed by atoms with van der Waals surface area (Å²) in [6, 6.07) is 4.63. The molecule has 3 N–H and O–H groups in total. The van der Waals surface area contributed by atoms with Crippen LogP contribution >= 0.6 is 0 Å². The normalized spacial score (nSPS) is 9.38. The average Bonchev–Trinajstić information content (AvgIpc) is 2.15. The minimum absolute atomic E-state index is 0.0745. The second kappa shape index (κ2) is 3.80. The molecular weight excluding hydrogens is 168 g/mol. The molecule has 0 bridgehead atoms. The van der Waals surface area contributed by atoms with Crippen LogP contribution in [-0.2, 0) is 0 Å². The van der Waals surface area contributed by atoms with E-state index in [1.807, 2.05) is 0 Å². The Kier molecular flexibility index (Phi) is 2.74. The molecule has 70 valence electrons. The molecule has 0 unspecified atom stereocenters. The van der Waals surface area contributed by atoms with Gasteiger partial charge in [0, 0.05) is 31.4 Å². The molecule has 1 aromatic rings. The van der Waals surface area contributed by atoms with E-state index in [4.69, 9.17) is 0 Å². The van der Waals surface area contributed by atoms with Crippen molar-refractivity contribution in [3.63, 3.8) is 0 Å². The first kappa shape index (κ1) is 9.38. The maximum atomic E-state index is 11.2. The van der Waals surface area contributed by atoms with Crippen molar-refractivity contribution in [2.75, 3.05) is 19.4 Å². The Morgan fingerprint density at radius 1 is 1.31 bits per heavy atom. The van der Waals surface area contributed by atoms with Gasteiger partial charge in [-0.1, -0.05) is 0 Å². The lowest BCUT2D eigenvalue weighted by atomic mass is 10.2. The van der Waals surface area contributed by atoms with Crippen molar-refractivity contribution in [3.05, 3.63) is 23.8 Å². The third kappa shape index (κ3) is 2.11. The maximum Gasteiger partial charge on any atom is 0.251 e. The number of anilines is 1. The van der Waals surface area contributed by atoms with Gasteiger partial charge < -0.3 is 15.7 Å². The van der Waals surface area contributed by atoms with Gasteiger partial charge in [-0.05, 0) is 12.1 Å². The fourth-order valence-electron chi connectivity index (χ4n) is 1.03. The molecule has 0 fully saturated rings. The second-order valence-corrected chi connectivity index (χ2v) is 2.60. The van der Waals surface area contributed by atoms with E-state index in [2.05, 4.69) is 10.6 Å². The van der Waals surface area contributed by atoms with E-state index in [0.717, 1.165) is 0 Å². The molecule has 1 rings (SSSR count). The lowest BCUT2D eigenvalue weighted by Gasteiger charge is -2.04. The Morgan fingerprint density at radius 3 is 2.54 bits per heavy atom. The third-order valence-electron chi connectivity index (χ3n) is 1.70. The van der Waals surface area contributed by atoms with Crippen LogP contribution in [0.4, 0.5) is 5.69 Å². The number of rotatable bonds is 2. The smallest absolute Gasteiger partial charge is 0.251 e. The summed E-state index contributed by atoms with van der Waals surface area (Å²) in [6.07, 6.45) is 0. The van der Waals surface area contributed by atoms with E-state index in [1.54, 1.807) is 26.2 Å². The summed E-state index contributed by atoms with van der Waals surface area (Å²) in [6.45, 7) is 0. The van der Waals surface area contributed by atoms with Crippen molar-refractivity contribution >= 4 is 11.6 Å². The zero-order valence-electron chi connectivity index (χ0n) is 7.59. The van der Waals surface area contributed by atoms with Crippen molar-refractivity contribution in [3.8, 4) is 5.75 Å². The second-order valence-electron chi connectivity index (χ2n) is 2.60. The van der Waals surface area contributed by atoms with Crippen LogP contribution in [0.1, 0.15) is 10.4 Å². The van der Waals surface area contributed by atoms with Crippen molar-refractivity contribution in [2.24, 2.45) is 0 Å². The number of phenolic OH excluding ortho intramolecular Hbond substituents is 1. The first-order valence-electron chi connectivity index (χ1n) is 3.91. The van der Waals surface area contributed by atoms with Crippen LogP contribution in [0.25, 0.3) is 0 Å². The molecule has 0 radical (unpaired) electrons. The van der Waals surface area contributed by atoms with Crippen LogP contribution in [0.5, 0.6) is 5.75 Å². The lowest BCUT2D eigenvalue weighted by Crippen LogP contribution is -2.17. The van der Waals surface area contributed by atoms with Gasteiger partial charge in [-0.15, -0.1) is 0 Å². The van der Waals surface area contributed by atoms with Gasteiger partial charge in [0.15, 0.2) is 0 Å². The van der Waals surface area contributed by atoms with Crippen molar-refractivity contribution in [1.29, 1.82) is 0 Å². The number of nitrogens with one attached hydrogen (secondary N) is 2. The highest BCUT2D eigenvalue weighted by Gasteiger charge is 2.05. The van der Waals surface area contributed by atoms with Gasteiger partial charge in [0.1, 0.15) is 5.75 Å². The number of carbonyl (C=O) groups is 1. The summed E-state index contributed by atoms with van der Waals surface area (Å²) in [4.78, 5) is 11.2. The molecule has 0 atom stereocenters. The molecule has 4 heteroatoms. The maximum absolute atomic E-state index is 11.2. The monoisotopic (exact) mass is 180 g/mol. The highest BCUT2D eigenvalue weighted by Crippen LogP contribution is 2.18. The summed E-state index contributed by atoms with van der Waals surface area (Å²) in [5, 5.41) is 14.6. The first-order valence-corrected chi connectivity index (χ1v) is 3.91. The molecule has 13 heavy (non-hydrogen) atoms. The standard InChI is InChI=1S/C9H12N2O2/c1-10-7-3-6(9(13)11-2)4-8(12)5-7/h3-5,10,12H,1-2H3,(H,11,13). The summed E-state index contributed by atoms with van der Waals surface area (Å²) in [5.41, 5.74) is 1.14. The number of benzene rings is 1. The molecular formula is C9H12N2O2. The van der Waals surface area contributed by atoms with Gasteiger partial charge in [-0.2, -0.15) is 0 Å². The van der Waals surface area contributed by atoms with Crippen LogP contribution in [0.3, 0.4) is 0 Å². The Balaban J connectivity index is 3.08. The van der Waals surface area contributed by atoms with E-state index in [0.29, 0.717) is 11.3 Å². The number of carbonyl (C=O) groups excluding carboxylic acids is 1. The minimum Gasteiger partial charge on any atom is -0.508 e. The average molecular weight is 180 g/mol. The fraction of sp³-hybridized carbons (Fsp3) is 0.222. The number of hydrogen-bond acceptors (Lipinski definition) is 3. The molecule has 0 heterocycles. The van der Waals surface area contributed by atoms with Crippen LogP contribution in [-0.4, -0.2) is 25.1 Å². The molecule has 1 aromatic carbocycles. The van der Waals surface area contributed by atoms with E-state index in [1.165, 1.54) is 6.07 Å². The Morgan fingerprint density at radius 2 is 2.00 bits per heavy atom. The number of hydrogen-bond donors (Lipinski definition) is 3. The molecule has 0 aliphatic carbocycles. The fourth-order valence-corrected chi connectivity index (χ4v) is 1.03. The van der Waals surface area contributed by atoms with Crippen molar-refractivity contribution < 1.29 is 9.90 Å². The predicted octanol–water partition coefficient (Wildman–Crippen LogP) is 0.793. The first-order chi connectivity index (χ1) is 6.17. The zero-order valence-corrected chi connectivity index (χ0v) is 7.59. The molecule has 0 spiro atoms. The predicted molar refractivity (Wildman–Crippen MR) is 51.0 cm³/mol. The van der Waals surface area contributed by atoms with Gasteiger partial charge in [0.2, 0.25) is 0 Å². The summed E-state index contributed by atoms with van der Waals surface area (Å²) < 4.78 is 0. The van der Waals surface area contributed by atoms with Gasteiger partial charge in [-0.25, -0.2) is 0 Å². The Bertz CT molecular complexity index is 323. The van der Waals surface area contributed by atoms with Gasteiger partial charge in [0.25, 0.3) is 5.91 Å². The summed E-state index contributed by atoms with van der Waals surface area (Å²) >= 11 is 0. The summed E-state index contributed by atoms with van der Waals surface area (Å²) in [5.74, 6) is -0.141. The highest BCUT2D eigenvalue weighted by molar-refractivity contribution is 5.95. The van der Waals surface area contributed by atoms with E-state index >= 15 is 0 Å². The third-order valence-corrected chi connectivity index (χ3v) is 1.70. The van der Waals surface area contributed by atoms with E-state index < -0.39 is 0 Å². The van der Waals surface area contributed by atoms with E-state index in [9.17, 15) is 9.90 Å². The minimum atomic E-state index is -0.215. The number of phenols is 1. The molecule has 1 amide bonds. The van der Waals surface area contributed by atoms with Gasteiger partial charge in [0.05, 0.1) is 0 Å².